The molecule has 1 amide bonds. The SMILES string of the molecule is Cc1ccc(-c2c(C(=O)NC(C)C)oc(=O)c3ccccc23)cc1. The highest BCUT2D eigenvalue weighted by molar-refractivity contribution is 6.07. The molecule has 1 aromatic heterocycles. The number of hydrogen-bond acceptors (Lipinski definition) is 3. The minimum Gasteiger partial charge on any atom is -0.416 e. The van der Waals surface area contributed by atoms with E-state index in [4.69, 9.17) is 4.42 Å². The van der Waals surface area contributed by atoms with Crippen LogP contribution in [0.3, 0.4) is 0 Å². The van der Waals surface area contributed by atoms with E-state index >= 15 is 0 Å². The van der Waals surface area contributed by atoms with Crippen LogP contribution in [-0.4, -0.2) is 11.9 Å². The number of amides is 1. The first-order valence-corrected chi connectivity index (χ1v) is 7.91. The summed E-state index contributed by atoms with van der Waals surface area (Å²) in [6.45, 7) is 5.73. The summed E-state index contributed by atoms with van der Waals surface area (Å²) in [4.78, 5) is 24.8. The van der Waals surface area contributed by atoms with E-state index in [1.165, 1.54) is 0 Å². The van der Waals surface area contributed by atoms with Gasteiger partial charge in [0.15, 0.2) is 0 Å². The van der Waals surface area contributed by atoms with Gasteiger partial charge in [-0.25, -0.2) is 4.79 Å². The van der Waals surface area contributed by atoms with Crippen LogP contribution in [0, 0.1) is 6.92 Å². The number of nitrogens with one attached hydrogen (secondary N) is 1. The van der Waals surface area contributed by atoms with Gasteiger partial charge in [0.2, 0.25) is 5.76 Å². The van der Waals surface area contributed by atoms with E-state index in [-0.39, 0.29) is 17.7 Å². The maximum Gasteiger partial charge on any atom is 0.344 e. The second-order valence-corrected chi connectivity index (χ2v) is 6.13. The molecule has 0 aliphatic heterocycles. The molecule has 0 saturated carbocycles. The van der Waals surface area contributed by atoms with Crippen molar-refractivity contribution in [1.82, 2.24) is 5.32 Å². The average molecular weight is 321 g/mol. The summed E-state index contributed by atoms with van der Waals surface area (Å²) in [5.74, 6) is -0.334. The summed E-state index contributed by atoms with van der Waals surface area (Å²) in [6, 6.07) is 14.9. The van der Waals surface area contributed by atoms with Crippen molar-refractivity contribution in [3.63, 3.8) is 0 Å². The summed E-state index contributed by atoms with van der Waals surface area (Å²) < 4.78 is 5.40. The Labute approximate surface area is 140 Å². The molecule has 0 unspecified atom stereocenters. The van der Waals surface area contributed by atoms with E-state index in [0.717, 1.165) is 11.1 Å². The van der Waals surface area contributed by atoms with Crippen molar-refractivity contribution in [2.75, 3.05) is 0 Å². The van der Waals surface area contributed by atoms with Crippen molar-refractivity contribution in [2.24, 2.45) is 0 Å². The topological polar surface area (TPSA) is 59.3 Å². The lowest BCUT2D eigenvalue weighted by Crippen LogP contribution is -2.31. The minimum absolute atomic E-state index is 0.0521. The Morgan fingerprint density at radius 2 is 1.62 bits per heavy atom. The molecule has 0 spiro atoms. The molecule has 24 heavy (non-hydrogen) atoms. The van der Waals surface area contributed by atoms with Crippen LogP contribution in [-0.2, 0) is 0 Å². The number of carbonyl (C=O) groups excluding carboxylic acids is 1. The Morgan fingerprint density at radius 1 is 1.00 bits per heavy atom. The zero-order valence-electron chi connectivity index (χ0n) is 13.9. The van der Waals surface area contributed by atoms with Gasteiger partial charge in [-0.15, -0.1) is 0 Å². The van der Waals surface area contributed by atoms with E-state index in [2.05, 4.69) is 5.32 Å². The predicted octanol–water partition coefficient (Wildman–Crippen LogP) is 3.91. The lowest BCUT2D eigenvalue weighted by molar-refractivity contribution is 0.0912. The van der Waals surface area contributed by atoms with Crippen LogP contribution in [0.15, 0.2) is 57.7 Å². The Bertz CT molecular complexity index is 953. The maximum atomic E-state index is 12.6. The molecule has 0 saturated heterocycles. The summed E-state index contributed by atoms with van der Waals surface area (Å²) in [5, 5.41) is 3.98. The molecular formula is C20H19NO3. The van der Waals surface area contributed by atoms with Crippen LogP contribution in [0.5, 0.6) is 0 Å². The molecule has 0 fully saturated rings. The zero-order valence-corrected chi connectivity index (χ0v) is 13.9. The highest BCUT2D eigenvalue weighted by atomic mass is 16.4. The summed E-state index contributed by atoms with van der Waals surface area (Å²) in [7, 11) is 0. The Morgan fingerprint density at radius 3 is 2.25 bits per heavy atom. The van der Waals surface area contributed by atoms with E-state index in [9.17, 15) is 9.59 Å². The molecule has 0 bridgehead atoms. The number of carbonyl (C=O) groups is 1. The first-order valence-electron chi connectivity index (χ1n) is 7.91. The Kier molecular flexibility index (Phi) is 4.21. The lowest BCUT2D eigenvalue weighted by Gasteiger charge is -2.13. The number of benzene rings is 2. The molecule has 0 aliphatic rings. The van der Waals surface area contributed by atoms with E-state index in [0.29, 0.717) is 16.3 Å². The largest absolute Gasteiger partial charge is 0.416 e. The summed E-state index contributed by atoms with van der Waals surface area (Å²) >= 11 is 0. The fourth-order valence-corrected chi connectivity index (χ4v) is 2.69. The molecule has 0 atom stereocenters. The second-order valence-electron chi connectivity index (χ2n) is 6.13. The van der Waals surface area contributed by atoms with E-state index in [1.807, 2.05) is 57.2 Å². The molecule has 2 aromatic carbocycles. The van der Waals surface area contributed by atoms with Gasteiger partial charge in [0.25, 0.3) is 5.91 Å². The van der Waals surface area contributed by atoms with Crippen molar-refractivity contribution in [3.05, 3.63) is 70.3 Å². The fourth-order valence-electron chi connectivity index (χ4n) is 2.69. The number of fused-ring (bicyclic) bond motifs is 1. The van der Waals surface area contributed by atoms with Crippen LogP contribution >= 0.6 is 0 Å². The van der Waals surface area contributed by atoms with Gasteiger partial charge < -0.3 is 9.73 Å². The second kappa shape index (κ2) is 6.32. The van der Waals surface area contributed by atoms with Gasteiger partial charge in [-0.3, -0.25) is 4.79 Å². The van der Waals surface area contributed by atoms with E-state index < -0.39 is 5.63 Å². The van der Waals surface area contributed by atoms with Crippen LogP contribution in [0.2, 0.25) is 0 Å². The molecule has 1 N–H and O–H groups in total. The van der Waals surface area contributed by atoms with Gasteiger partial charge in [-0.2, -0.15) is 0 Å². The highest BCUT2D eigenvalue weighted by Crippen LogP contribution is 2.30. The third-order valence-electron chi connectivity index (χ3n) is 3.80. The third kappa shape index (κ3) is 2.95. The van der Waals surface area contributed by atoms with Gasteiger partial charge in [-0.1, -0.05) is 48.0 Å². The van der Waals surface area contributed by atoms with Crippen molar-refractivity contribution in [1.29, 1.82) is 0 Å². The minimum atomic E-state index is -0.504. The fraction of sp³-hybridized carbons (Fsp3) is 0.200. The first kappa shape index (κ1) is 16.0. The van der Waals surface area contributed by atoms with Crippen molar-refractivity contribution in [2.45, 2.75) is 26.8 Å². The van der Waals surface area contributed by atoms with Gasteiger partial charge in [0, 0.05) is 17.0 Å². The maximum absolute atomic E-state index is 12.6. The standard InChI is InChI=1S/C20H19NO3/c1-12(2)21-19(22)18-17(14-10-8-13(3)9-11-14)15-6-4-5-7-16(15)20(23)24-18/h4-12H,1-3H3,(H,21,22). The van der Waals surface area contributed by atoms with Crippen LogP contribution in [0.4, 0.5) is 0 Å². The number of aryl methyl sites for hydroxylation is 1. The lowest BCUT2D eigenvalue weighted by atomic mass is 9.97. The van der Waals surface area contributed by atoms with Gasteiger partial charge in [-0.05, 0) is 32.4 Å². The number of rotatable bonds is 3. The van der Waals surface area contributed by atoms with Crippen molar-refractivity contribution < 1.29 is 9.21 Å². The first-order chi connectivity index (χ1) is 11.5. The molecule has 4 heteroatoms. The molecule has 122 valence electrons. The summed E-state index contributed by atoms with van der Waals surface area (Å²) in [5.41, 5.74) is 2.10. The van der Waals surface area contributed by atoms with Gasteiger partial charge >= 0.3 is 5.63 Å². The average Bonchev–Trinajstić information content (AvgIpc) is 2.55. The molecule has 4 nitrogen and oxygen atoms in total. The number of hydrogen-bond donors (Lipinski definition) is 1. The molecule has 3 rings (SSSR count). The van der Waals surface area contributed by atoms with Gasteiger partial charge in [0.05, 0.1) is 5.39 Å². The summed E-state index contributed by atoms with van der Waals surface area (Å²) in [6.07, 6.45) is 0. The monoisotopic (exact) mass is 321 g/mol. The normalized spacial score (nSPS) is 11.0. The molecular weight excluding hydrogens is 302 g/mol. The smallest absolute Gasteiger partial charge is 0.344 e. The quantitative estimate of drug-likeness (QED) is 0.796. The highest BCUT2D eigenvalue weighted by Gasteiger charge is 2.21. The Balaban J connectivity index is 2.34. The third-order valence-corrected chi connectivity index (χ3v) is 3.80. The van der Waals surface area contributed by atoms with Crippen LogP contribution in [0.25, 0.3) is 21.9 Å². The molecule has 0 radical (unpaired) electrons. The Hall–Kier alpha value is -2.88. The molecule has 1 heterocycles. The van der Waals surface area contributed by atoms with Crippen LogP contribution < -0.4 is 10.9 Å². The van der Waals surface area contributed by atoms with Crippen molar-refractivity contribution >= 4 is 16.7 Å². The van der Waals surface area contributed by atoms with Crippen LogP contribution in [0.1, 0.15) is 30.0 Å². The molecule has 3 aromatic rings. The van der Waals surface area contributed by atoms with Crippen molar-refractivity contribution in [3.8, 4) is 11.1 Å². The molecule has 0 aliphatic carbocycles. The zero-order chi connectivity index (χ0) is 17.3. The van der Waals surface area contributed by atoms with Gasteiger partial charge in [0.1, 0.15) is 0 Å². The van der Waals surface area contributed by atoms with E-state index in [1.54, 1.807) is 12.1 Å². The predicted molar refractivity (Wildman–Crippen MR) is 95.3 cm³/mol.